The van der Waals surface area contributed by atoms with Crippen LogP contribution in [0.4, 0.5) is 0 Å². The molecule has 0 aromatic rings. The Morgan fingerprint density at radius 1 is 1.00 bits per heavy atom. The van der Waals surface area contributed by atoms with Gasteiger partial charge in [-0.2, -0.15) is 0 Å². The molecule has 2 aliphatic rings. The van der Waals surface area contributed by atoms with Crippen LogP contribution in [0.15, 0.2) is 0 Å². The smallest absolute Gasteiger partial charge is 0.0121 e. The van der Waals surface area contributed by atoms with Crippen LogP contribution < -0.4 is 5.32 Å². The minimum atomic E-state index is 0.519. The van der Waals surface area contributed by atoms with Gasteiger partial charge >= 0.3 is 0 Å². The van der Waals surface area contributed by atoms with Crippen molar-refractivity contribution in [3.05, 3.63) is 0 Å². The Morgan fingerprint density at radius 3 is 2.25 bits per heavy atom. The second-order valence-corrected chi connectivity index (χ2v) is 6.79. The predicted octanol–water partition coefficient (Wildman–Crippen LogP) is 4.12. The zero-order valence-electron chi connectivity index (χ0n) is 11.4. The Labute approximate surface area is 101 Å². The molecule has 0 spiro atoms. The van der Waals surface area contributed by atoms with Crippen LogP contribution in [0.3, 0.4) is 0 Å². The van der Waals surface area contributed by atoms with E-state index in [0.29, 0.717) is 5.41 Å². The first-order valence-corrected chi connectivity index (χ1v) is 7.36. The van der Waals surface area contributed by atoms with Crippen molar-refractivity contribution >= 4 is 0 Å². The number of rotatable bonds is 3. The first-order chi connectivity index (χ1) is 7.59. The van der Waals surface area contributed by atoms with Crippen molar-refractivity contribution < 1.29 is 0 Å². The van der Waals surface area contributed by atoms with E-state index in [4.69, 9.17) is 0 Å². The SMILES string of the molecule is C[C@H](NC1CCCCC1(C)C)C1CCCC1. The normalized spacial score (nSPS) is 32.8. The highest BCUT2D eigenvalue weighted by Gasteiger charge is 2.34. The fourth-order valence-electron chi connectivity index (χ4n) is 3.71. The Kier molecular flexibility index (Phi) is 3.94. The van der Waals surface area contributed by atoms with Crippen molar-refractivity contribution in [2.45, 2.75) is 84.2 Å². The molecule has 0 aliphatic heterocycles. The molecule has 94 valence electrons. The molecule has 2 aliphatic carbocycles. The van der Waals surface area contributed by atoms with E-state index in [9.17, 15) is 0 Å². The summed E-state index contributed by atoms with van der Waals surface area (Å²) in [6, 6.07) is 1.50. The minimum Gasteiger partial charge on any atom is -0.311 e. The average molecular weight is 223 g/mol. The third kappa shape index (κ3) is 2.80. The van der Waals surface area contributed by atoms with E-state index < -0.39 is 0 Å². The molecule has 2 rings (SSSR count). The average Bonchev–Trinajstić information content (AvgIpc) is 2.74. The topological polar surface area (TPSA) is 12.0 Å². The third-order valence-electron chi connectivity index (χ3n) is 5.08. The van der Waals surface area contributed by atoms with Gasteiger partial charge in [-0.25, -0.2) is 0 Å². The molecule has 0 aromatic carbocycles. The maximum absolute atomic E-state index is 3.95. The van der Waals surface area contributed by atoms with Crippen LogP contribution in [0.5, 0.6) is 0 Å². The lowest BCUT2D eigenvalue weighted by molar-refractivity contribution is 0.146. The van der Waals surface area contributed by atoms with E-state index >= 15 is 0 Å². The van der Waals surface area contributed by atoms with Gasteiger partial charge in [0, 0.05) is 12.1 Å². The largest absolute Gasteiger partial charge is 0.311 e. The van der Waals surface area contributed by atoms with Crippen LogP contribution in [0.2, 0.25) is 0 Å². The van der Waals surface area contributed by atoms with Gasteiger partial charge in [0.1, 0.15) is 0 Å². The first-order valence-electron chi connectivity index (χ1n) is 7.36. The van der Waals surface area contributed by atoms with Crippen molar-refractivity contribution in [1.29, 1.82) is 0 Å². The summed E-state index contributed by atoms with van der Waals surface area (Å²) in [4.78, 5) is 0. The molecule has 2 saturated carbocycles. The second kappa shape index (κ2) is 5.08. The number of hydrogen-bond donors (Lipinski definition) is 1. The van der Waals surface area contributed by atoms with Crippen LogP contribution in [0.1, 0.15) is 72.1 Å². The highest BCUT2D eigenvalue weighted by atomic mass is 15.0. The summed E-state index contributed by atoms with van der Waals surface area (Å²) in [5.41, 5.74) is 0.519. The molecule has 2 fully saturated rings. The quantitative estimate of drug-likeness (QED) is 0.759. The van der Waals surface area contributed by atoms with Gasteiger partial charge in [0.25, 0.3) is 0 Å². The maximum Gasteiger partial charge on any atom is 0.0121 e. The molecule has 1 heteroatoms. The van der Waals surface area contributed by atoms with Gasteiger partial charge in [-0.05, 0) is 43.9 Å². The van der Waals surface area contributed by atoms with Gasteiger partial charge in [0.15, 0.2) is 0 Å². The monoisotopic (exact) mass is 223 g/mol. The van der Waals surface area contributed by atoms with Crippen molar-refractivity contribution in [2.75, 3.05) is 0 Å². The summed E-state index contributed by atoms with van der Waals surface area (Å²) < 4.78 is 0. The Bertz CT molecular complexity index is 215. The molecule has 1 N–H and O–H groups in total. The summed E-state index contributed by atoms with van der Waals surface area (Å²) >= 11 is 0. The molecule has 1 nitrogen and oxygen atoms in total. The number of hydrogen-bond acceptors (Lipinski definition) is 1. The van der Waals surface area contributed by atoms with Crippen LogP contribution in [0.25, 0.3) is 0 Å². The maximum atomic E-state index is 3.95. The van der Waals surface area contributed by atoms with Gasteiger partial charge in [-0.15, -0.1) is 0 Å². The van der Waals surface area contributed by atoms with Crippen LogP contribution in [-0.4, -0.2) is 12.1 Å². The molecule has 0 heterocycles. The lowest BCUT2D eigenvalue weighted by atomic mass is 9.73. The van der Waals surface area contributed by atoms with Gasteiger partial charge in [0.05, 0.1) is 0 Å². The molecular formula is C15H29N. The molecule has 1 unspecified atom stereocenters. The van der Waals surface area contributed by atoms with E-state index in [1.54, 1.807) is 0 Å². The highest BCUT2D eigenvalue weighted by Crippen LogP contribution is 2.37. The lowest BCUT2D eigenvalue weighted by Gasteiger charge is -2.41. The molecule has 0 saturated heterocycles. The standard InChI is InChI=1S/C15H29N/c1-12(13-8-4-5-9-13)16-14-10-6-7-11-15(14,2)3/h12-14,16H,4-11H2,1-3H3/t12-,14?/m0/s1. The molecule has 2 atom stereocenters. The summed E-state index contributed by atoms with van der Waals surface area (Å²) in [5.74, 6) is 0.956. The van der Waals surface area contributed by atoms with Crippen LogP contribution in [0, 0.1) is 11.3 Å². The Hall–Kier alpha value is -0.0400. The van der Waals surface area contributed by atoms with Crippen LogP contribution in [-0.2, 0) is 0 Å². The van der Waals surface area contributed by atoms with Crippen molar-refractivity contribution in [3.8, 4) is 0 Å². The molecule has 0 radical (unpaired) electrons. The van der Waals surface area contributed by atoms with E-state index in [0.717, 1.165) is 18.0 Å². The summed E-state index contributed by atoms with van der Waals surface area (Å²) in [6.45, 7) is 7.32. The molecule has 0 aromatic heterocycles. The van der Waals surface area contributed by atoms with Crippen molar-refractivity contribution in [3.63, 3.8) is 0 Å². The predicted molar refractivity (Wildman–Crippen MR) is 70.6 cm³/mol. The Morgan fingerprint density at radius 2 is 1.62 bits per heavy atom. The zero-order chi connectivity index (χ0) is 11.6. The second-order valence-electron chi connectivity index (χ2n) is 6.79. The Balaban J connectivity index is 1.87. The van der Waals surface area contributed by atoms with Gasteiger partial charge in [0.2, 0.25) is 0 Å². The molecular weight excluding hydrogens is 194 g/mol. The minimum absolute atomic E-state index is 0.519. The highest BCUT2D eigenvalue weighted by molar-refractivity contribution is 4.91. The third-order valence-corrected chi connectivity index (χ3v) is 5.08. The lowest BCUT2D eigenvalue weighted by Crippen LogP contribution is -2.49. The summed E-state index contributed by atoms with van der Waals surface area (Å²) in [7, 11) is 0. The van der Waals surface area contributed by atoms with Crippen molar-refractivity contribution in [2.24, 2.45) is 11.3 Å². The van der Waals surface area contributed by atoms with E-state index in [1.807, 2.05) is 0 Å². The number of nitrogens with one attached hydrogen (secondary N) is 1. The molecule has 16 heavy (non-hydrogen) atoms. The van der Waals surface area contributed by atoms with Gasteiger partial charge in [-0.3, -0.25) is 0 Å². The van der Waals surface area contributed by atoms with E-state index in [1.165, 1.54) is 51.4 Å². The van der Waals surface area contributed by atoms with Gasteiger partial charge in [-0.1, -0.05) is 39.5 Å². The van der Waals surface area contributed by atoms with E-state index in [2.05, 4.69) is 26.1 Å². The molecule has 0 bridgehead atoms. The fourth-order valence-corrected chi connectivity index (χ4v) is 3.71. The summed E-state index contributed by atoms with van der Waals surface area (Å²) in [6.07, 6.45) is 11.5. The fraction of sp³-hybridized carbons (Fsp3) is 1.00. The summed E-state index contributed by atoms with van der Waals surface area (Å²) in [5, 5.41) is 3.95. The van der Waals surface area contributed by atoms with E-state index in [-0.39, 0.29) is 0 Å². The van der Waals surface area contributed by atoms with Crippen LogP contribution >= 0.6 is 0 Å². The van der Waals surface area contributed by atoms with Crippen molar-refractivity contribution in [1.82, 2.24) is 5.32 Å². The van der Waals surface area contributed by atoms with Gasteiger partial charge < -0.3 is 5.32 Å². The first kappa shape index (κ1) is 12.4. The zero-order valence-corrected chi connectivity index (χ0v) is 11.4. The molecule has 0 amide bonds.